The Labute approximate surface area is 167 Å². The average molecular weight is 392 g/mol. The minimum Gasteiger partial charge on any atom is -0.468 e. The van der Waals surface area contributed by atoms with E-state index in [1.165, 1.54) is 7.11 Å². The molecule has 6 nitrogen and oxygen atoms in total. The zero-order valence-electron chi connectivity index (χ0n) is 17.8. The second-order valence-electron chi connectivity index (χ2n) is 9.01. The highest BCUT2D eigenvalue weighted by Gasteiger charge is 2.50. The fourth-order valence-corrected chi connectivity index (χ4v) is 3.94. The van der Waals surface area contributed by atoms with Crippen LogP contribution in [-0.4, -0.2) is 52.3 Å². The van der Waals surface area contributed by atoms with E-state index in [4.69, 9.17) is 9.47 Å². The maximum atomic E-state index is 13.0. The van der Waals surface area contributed by atoms with Gasteiger partial charge in [-0.2, -0.15) is 0 Å². The Hall–Kier alpha value is -1.92. The van der Waals surface area contributed by atoms with E-state index < -0.39 is 29.1 Å². The van der Waals surface area contributed by atoms with Crippen LogP contribution in [0, 0.1) is 5.92 Å². The van der Waals surface area contributed by atoms with Gasteiger partial charge in [0, 0.05) is 12.6 Å². The van der Waals surface area contributed by atoms with Gasteiger partial charge in [-0.05, 0) is 53.0 Å². The molecule has 6 heteroatoms. The topological polar surface area (TPSA) is 76.1 Å². The lowest BCUT2D eigenvalue weighted by Gasteiger charge is -2.39. The molecule has 0 radical (unpaired) electrons. The normalized spacial score (nSPS) is 22.0. The van der Waals surface area contributed by atoms with Gasteiger partial charge >= 0.3 is 11.9 Å². The third kappa shape index (κ3) is 5.55. The number of methoxy groups -OCH3 is 1. The van der Waals surface area contributed by atoms with E-state index >= 15 is 0 Å². The molecule has 0 bridgehead atoms. The van der Waals surface area contributed by atoms with Gasteiger partial charge in [0.2, 0.25) is 0 Å². The van der Waals surface area contributed by atoms with Crippen molar-refractivity contribution in [3.63, 3.8) is 0 Å². The molecule has 1 aliphatic rings. The third-order valence-electron chi connectivity index (χ3n) is 5.05. The van der Waals surface area contributed by atoms with E-state index in [-0.39, 0.29) is 12.0 Å². The van der Waals surface area contributed by atoms with E-state index in [0.29, 0.717) is 19.4 Å². The van der Waals surface area contributed by atoms with Crippen molar-refractivity contribution < 1.29 is 24.2 Å². The van der Waals surface area contributed by atoms with E-state index in [2.05, 4.69) is 0 Å². The lowest BCUT2D eigenvalue weighted by atomic mass is 9.83. The van der Waals surface area contributed by atoms with Crippen molar-refractivity contribution in [1.29, 1.82) is 0 Å². The summed E-state index contributed by atoms with van der Waals surface area (Å²) in [5.41, 5.74) is -0.931. The molecule has 0 aromatic heterocycles. The molecule has 1 aromatic rings. The number of likely N-dealkylation sites (tertiary alicyclic amines) is 1. The summed E-state index contributed by atoms with van der Waals surface area (Å²) in [6.45, 7) is 9.14. The number of ether oxygens (including phenoxy) is 2. The van der Waals surface area contributed by atoms with Crippen LogP contribution in [0.4, 0.5) is 0 Å². The van der Waals surface area contributed by atoms with Gasteiger partial charge in [-0.1, -0.05) is 30.3 Å². The molecule has 1 fully saturated rings. The zero-order valence-corrected chi connectivity index (χ0v) is 17.8. The number of nitrogens with zero attached hydrogens (tertiary/aromatic N) is 1. The van der Waals surface area contributed by atoms with E-state index in [0.717, 1.165) is 5.56 Å². The van der Waals surface area contributed by atoms with Crippen LogP contribution in [0.2, 0.25) is 0 Å². The lowest BCUT2D eigenvalue weighted by molar-refractivity contribution is -0.174. The van der Waals surface area contributed by atoms with Gasteiger partial charge in [-0.3, -0.25) is 14.5 Å². The maximum absolute atomic E-state index is 13.0. The molecule has 0 saturated carbocycles. The number of carbonyl (C=O) groups is 2. The standard InChI is InChI=1S/C22H33NO5/c1-21(2,3)28-20(25)18(22(4,5)26)16-12-13-17(19(24)27-6)23(16)14-15-10-8-7-9-11-15/h7-11,16-18,26H,12-14H2,1-6H3/t16-,17+,18+/m1/s1. The SMILES string of the molecule is COC(=O)[C@@H]1CC[C@H]([C@@H](C(=O)OC(C)(C)C)C(C)(C)O)N1Cc1ccccc1. The smallest absolute Gasteiger partial charge is 0.323 e. The minimum atomic E-state index is -1.30. The van der Waals surface area contributed by atoms with Crippen molar-refractivity contribution >= 4 is 11.9 Å². The highest BCUT2D eigenvalue weighted by Crippen LogP contribution is 2.37. The Kier molecular flexibility index (Phi) is 6.88. The van der Waals surface area contributed by atoms with E-state index in [1.807, 2.05) is 35.2 Å². The zero-order chi connectivity index (χ0) is 21.1. The summed E-state index contributed by atoms with van der Waals surface area (Å²) < 4.78 is 10.6. The van der Waals surface area contributed by atoms with Crippen LogP contribution in [-0.2, 0) is 25.6 Å². The minimum absolute atomic E-state index is 0.322. The Bertz CT molecular complexity index is 674. The summed E-state index contributed by atoms with van der Waals surface area (Å²) in [4.78, 5) is 27.4. The summed E-state index contributed by atoms with van der Waals surface area (Å²) in [6.07, 6.45) is 1.17. The number of benzene rings is 1. The highest BCUT2D eigenvalue weighted by molar-refractivity contribution is 5.78. The van der Waals surface area contributed by atoms with Crippen molar-refractivity contribution in [2.75, 3.05) is 7.11 Å². The van der Waals surface area contributed by atoms with E-state index in [1.54, 1.807) is 34.6 Å². The fourth-order valence-electron chi connectivity index (χ4n) is 3.94. The van der Waals surface area contributed by atoms with Crippen LogP contribution in [0.3, 0.4) is 0 Å². The summed E-state index contributed by atoms with van der Waals surface area (Å²) in [5.74, 6) is -1.56. The van der Waals surface area contributed by atoms with Crippen molar-refractivity contribution in [1.82, 2.24) is 4.90 Å². The molecule has 1 aliphatic heterocycles. The van der Waals surface area contributed by atoms with Crippen molar-refractivity contribution in [3.8, 4) is 0 Å². The van der Waals surface area contributed by atoms with Gasteiger partial charge in [0.1, 0.15) is 17.6 Å². The van der Waals surface area contributed by atoms with Gasteiger partial charge in [-0.15, -0.1) is 0 Å². The number of carbonyl (C=O) groups excluding carboxylic acids is 2. The molecular formula is C22H33NO5. The van der Waals surface area contributed by atoms with Crippen molar-refractivity contribution in [3.05, 3.63) is 35.9 Å². The first-order valence-electron chi connectivity index (χ1n) is 9.77. The largest absolute Gasteiger partial charge is 0.468 e. The first kappa shape index (κ1) is 22.4. The predicted octanol–water partition coefficient (Wildman–Crippen LogP) is 2.92. The maximum Gasteiger partial charge on any atom is 0.323 e. The fraction of sp³-hybridized carbons (Fsp3) is 0.636. The predicted molar refractivity (Wildman–Crippen MR) is 106 cm³/mol. The van der Waals surface area contributed by atoms with Gasteiger partial charge < -0.3 is 14.6 Å². The summed E-state index contributed by atoms with van der Waals surface area (Å²) in [5, 5.41) is 10.8. The van der Waals surface area contributed by atoms with Gasteiger partial charge in [0.25, 0.3) is 0 Å². The Morgan fingerprint density at radius 1 is 1.14 bits per heavy atom. The molecule has 3 atom stereocenters. The van der Waals surface area contributed by atoms with Crippen molar-refractivity contribution in [2.45, 2.75) is 77.3 Å². The number of hydrogen-bond donors (Lipinski definition) is 1. The summed E-state index contributed by atoms with van der Waals surface area (Å²) >= 11 is 0. The molecule has 1 saturated heterocycles. The summed E-state index contributed by atoms with van der Waals surface area (Å²) in [6, 6.07) is 8.99. The second-order valence-corrected chi connectivity index (χ2v) is 9.01. The van der Waals surface area contributed by atoms with Gasteiger partial charge in [0.05, 0.1) is 12.7 Å². The van der Waals surface area contributed by atoms with E-state index in [9.17, 15) is 14.7 Å². The number of hydrogen-bond acceptors (Lipinski definition) is 6. The Morgan fingerprint density at radius 2 is 1.75 bits per heavy atom. The first-order valence-corrected chi connectivity index (χ1v) is 9.77. The van der Waals surface area contributed by atoms with Crippen LogP contribution < -0.4 is 0 Å². The number of rotatable bonds is 6. The molecule has 0 unspecified atom stereocenters. The Balaban J connectivity index is 2.38. The number of aliphatic hydroxyl groups is 1. The average Bonchev–Trinajstić information content (AvgIpc) is 2.95. The summed E-state index contributed by atoms with van der Waals surface area (Å²) in [7, 11) is 1.37. The van der Waals surface area contributed by atoms with Crippen LogP contribution in [0.1, 0.15) is 53.0 Å². The quantitative estimate of drug-likeness (QED) is 0.752. The van der Waals surface area contributed by atoms with Gasteiger partial charge in [0.15, 0.2) is 0 Å². The van der Waals surface area contributed by atoms with Crippen LogP contribution in [0.25, 0.3) is 0 Å². The highest BCUT2D eigenvalue weighted by atomic mass is 16.6. The molecule has 28 heavy (non-hydrogen) atoms. The van der Waals surface area contributed by atoms with Crippen LogP contribution >= 0.6 is 0 Å². The van der Waals surface area contributed by atoms with Crippen LogP contribution in [0.15, 0.2) is 30.3 Å². The Morgan fingerprint density at radius 3 is 2.25 bits per heavy atom. The van der Waals surface area contributed by atoms with Crippen LogP contribution in [0.5, 0.6) is 0 Å². The monoisotopic (exact) mass is 391 g/mol. The van der Waals surface area contributed by atoms with Gasteiger partial charge in [-0.25, -0.2) is 0 Å². The first-order chi connectivity index (χ1) is 12.9. The lowest BCUT2D eigenvalue weighted by Crippen LogP contribution is -2.53. The molecule has 1 N–H and O–H groups in total. The molecule has 0 spiro atoms. The molecule has 0 amide bonds. The molecular weight excluding hydrogens is 358 g/mol. The third-order valence-corrected chi connectivity index (χ3v) is 5.05. The number of esters is 2. The molecule has 1 aromatic carbocycles. The molecule has 0 aliphatic carbocycles. The molecule has 156 valence electrons. The molecule has 1 heterocycles. The van der Waals surface area contributed by atoms with Crippen molar-refractivity contribution in [2.24, 2.45) is 5.92 Å². The molecule has 2 rings (SSSR count). The second kappa shape index (κ2) is 8.62.